The highest BCUT2D eigenvalue weighted by Crippen LogP contribution is 2.24. The maximum atomic E-state index is 13.0. The topological polar surface area (TPSA) is 42.2 Å². The Morgan fingerprint density at radius 3 is 2.57 bits per heavy atom. The highest BCUT2D eigenvalue weighted by Gasteiger charge is 2.16. The van der Waals surface area contributed by atoms with E-state index in [1.165, 1.54) is 12.1 Å². The van der Waals surface area contributed by atoms with E-state index in [2.05, 4.69) is 0 Å². The van der Waals surface area contributed by atoms with Crippen LogP contribution in [0.2, 0.25) is 0 Å². The van der Waals surface area contributed by atoms with E-state index < -0.39 is 5.97 Å². The zero-order chi connectivity index (χ0) is 15.0. The molecule has 0 unspecified atom stereocenters. The Hall–Kier alpha value is -2.62. The molecule has 1 aromatic heterocycles. The van der Waals surface area contributed by atoms with Gasteiger partial charge in [-0.15, -0.1) is 0 Å². The average molecular weight is 283 g/mol. The number of nitrogens with zero attached hydrogens (tertiary/aromatic N) is 1. The summed E-state index contributed by atoms with van der Waals surface area (Å²) < 4.78 is 14.8. The number of aromatic carboxylic acids is 1. The number of fused-ring (bicyclic) bond motifs is 1. The number of benzene rings is 2. The first-order valence-electron chi connectivity index (χ1n) is 6.63. The number of aryl methyl sites for hydroxylation is 1. The molecule has 0 spiro atoms. The Kier molecular flexibility index (Phi) is 3.22. The van der Waals surface area contributed by atoms with Crippen LogP contribution in [0.1, 0.15) is 21.6 Å². The maximum absolute atomic E-state index is 13.0. The van der Waals surface area contributed by atoms with Gasteiger partial charge in [0.05, 0.1) is 5.52 Å². The average Bonchev–Trinajstić information content (AvgIpc) is 2.82. The normalized spacial score (nSPS) is 11.0. The predicted octanol–water partition coefficient (Wildman–Crippen LogP) is 3.84. The summed E-state index contributed by atoms with van der Waals surface area (Å²) in [6.07, 6.45) is 0. The molecule has 1 N–H and O–H groups in total. The van der Waals surface area contributed by atoms with E-state index in [9.17, 15) is 14.3 Å². The van der Waals surface area contributed by atoms with Crippen molar-refractivity contribution in [3.05, 3.63) is 71.2 Å². The van der Waals surface area contributed by atoms with Crippen LogP contribution in [0.4, 0.5) is 4.39 Å². The Morgan fingerprint density at radius 1 is 1.19 bits per heavy atom. The predicted molar refractivity (Wildman–Crippen MR) is 79.1 cm³/mol. The zero-order valence-electron chi connectivity index (χ0n) is 11.5. The number of rotatable bonds is 3. The third-order valence-electron chi connectivity index (χ3n) is 3.59. The van der Waals surface area contributed by atoms with Crippen molar-refractivity contribution in [3.8, 4) is 0 Å². The molecule has 0 radical (unpaired) electrons. The van der Waals surface area contributed by atoms with Crippen molar-refractivity contribution in [2.75, 3.05) is 0 Å². The van der Waals surface area contributed by atoms with Crippen molar-refractivity contribution in [2.45, 2.75) is 13.5 Å². The molecule has 0 bridgehead atoms. The molecule has 0 aliphatic heterocycles. The molecule has 0 aliphatic rings. The lowest BCUT2D eigenvalue weighted by Gasteiger charge is -2.10. The summed E-state index contributed by atoms with van der Waals surface area (Å²) in [5.74, 6) is -1.27. The number of carboxylic acids is 1. The minimum Gasteiger partial charge on any atom is -0.477 e. The second kappa shape index (κ2) is 5.05. The van der Waals surface area contributed by atoms with E-state index in [0.29, 0.717) is 6.54 Å². The van der Waals surface area contributed by atoms with Gasteiger partial charge >= 0.3 is 5.97 Å². The molecule has 2 aromatic carbocycles. The van der Waals surface area contributed by atoms with E-state index in [-0.39, 0.29) is 11.5 Å². The fourth-order valence-electron chi connectivity index (χ4n) is 2.63. The van der Waals surface area contributed by atoms with Gasteiger partial charge in [-0.25, -0.2) is 9.18 Å². The highest BCUT2D eigenvalue weighted by atomic mass is 19.1. The van der Waals surface area contributed by atoms with Crippen LogP contribution in [0.25, 0.3) is 10.9 Å². The van der Waals surface area contributed by atoms with E-state index >= 15 is 0 Å². The van der Waals surface area contributed by atoms with Crippen molar-refractivity contribution in [1.29, 1.82) is 0 Å². The van der Waals surface area contributed by atoms with Crippen LogP contribution in [0.3, 0.4) is 0 Å². The van der Waals surface area contributed by atoms with Crippen LogP contribution in [0.15, 0.2) is 48.5 Å². The van der Waals surface area contributed by atoms with Gasteiger partial charge in [0.2, 0.25) is 0 Å². The van der Waals surface area contributed by atoms with Gasteiger partial charge in [-0.3, -0.25) is 0 Å². The highest BCUT2D eigenvalue weighted by molar-refractivity contribution is 5.95. The number of aromatic nitrogens is 1. The van der Waals surface area contributed by atoms with Crippen LogP contribution < -0.4 is 0 Å². The number of carboxylic acid groups (broad SMARTS) is 1. The molecular formula is C17H14FNO2. The van der Waals surface area contributed by atoms with Crippen LogP contribution in [-0.2, 0) is 6.54 Å². The maximum Gasteiger partial charge on any atom is 0.352 e. The standard InChI is InChI=1S/C17H14FNO2/c1-11-3-2-4-13-9-15(17(20)21)19(16(11)13)10-12-5-7-14(18)8-6-12/h2-9H,10H2,1H3,(H,20,21). The van der Waals surface area contributed by atoms with Crippen molar-refractivity contribution < 1.29 is 14.3 Å². The smallest absolute Gasteiger partial charge is 0.352 e. The van der Waals surface area contributed by atoms with Crippen molar-refractivity contribution in [1.82, 2.24) is 4.57 Å². The van der Waals surface area contributed by atoms with Gasteiger partial charge in [0, 0.05) is 11.9 Å². The summed E-state index contributed by atoms with van der Waals surface area (Å²) in [6, 6.07) is 13.5. The third-order valence-corrected chi connectivity index (χ3v) is 3.59. The van der Waals surface area contributed by atoms with Gasteiger partial charge in [-0.1, -0.05) is 30.3 Å². The SMILES string of the molecule is Cc1cccc2cc(C(=O)O)n(Cc3ccc(F)cc3)c12. The van der Waals surface area contributed by atoms with Gasteiger partial charge in [-0.05, 0) is 36.2 Å². The summed E-state index contributed by atoms with van der Waals surface area (Å²) in [4.78, 5) is 11.5. The lowest BCUT2D eigenvalue weighted by atomic mass is 10.1. The molecule has 1 heterocycles. The minimum absolute atomic E-state index is 0.239. The Balaban J connectivity index is 2.17. The van der Waals surface area contributed by atoms with Crippen molar-refractivity contribution in [2.24, 2.45) is 0 Å². The molecule has 0 aliphatic carbocycles. The second-order valence-corrected chi connectivity index (χ2v) is 5.06. The van der Waals surface area contributed by atoms with E-state index in [4.69, 9.17) is 0 Å². The molecule has 0 fully saturated rings. The fraction of sp³-hybridized carbons (Fsp3) is 0.118. The summed E-state index contributed by atoms with van der Waals surface area (Å²) in [6.45, 7) is 2.35. The van der Waals surface area contributed by atoms with Gasteiger partial charge < -0.3 is 9.67 Å². The molecule has 106 valence electrons. The second-order valence-electron chi connectivity index (χ2n) is 5.06. The molecule has 0 amide bonds. The van der Waals surface area contributed by atoms with E-state index in [1.807, 2.05) is 25.1 Å². The van der Waals surface area contributed by atoms with E-state index in [0.717, 1.165) is 22.0 Å². The molecule has 3 rings (SSSR count). The summed E-state index contributed by atoms with van der Waals surface area (Å²) >= 11 is 0. The number of hydrogen-bond donors (Lipinski definition) is 1. The summed E-state index contributed by atoms with van der Waals surface area (Å²) in [5, 5.41) is 10.3. The number of para-hydroxylation sites is 1. The first-order chi connectivity index (χ1) is 10.1. The quantitative estimate of drug-likeness (QED) is 0.793. The lowest BCUT2D eigenvalue weighted by Crippen LogP contribution is -2.09. The molecule has 0 saturated heterocycles. The van der Waals surface area contributed by atoms with Crippen LogP contribution >= 0.6 is 0 Å². The molecule has 0 atom stereocenters. The zero-order valence-corrected chi connectivity index (χ0v) is 11.5. The van der Waals surface area contributed by atoms with Crippen LogP contribution in [0, 0.1) is 12.7 Å². The first-order valence-corrected chi connectivity index (χ1v) is 6.63. The summed E-state index contributed by atoms with van der Waals surface area (Å²) in [7, 11) is 0. The molecule has 3 aromatic rings. The van der Waals surface area contributed by atoms with Gasteiger partial charge in [0.25, 0.3) is 0 Å². The van der Waals surface area contributed by atoms with Gasteiger partial charge in [0.1, 0.15) is 11.5 Å². The molecule has 3 nitrogen and oxygen atoms in total. The Bertz CT molecular complexity index is 819. The largest absolute Gasteiger partial charge is 0.477 e. The van der Waals surface area contributed by atoms with Gasteiger partial charge in [0.15, 0.2) is 0 Å². The minimum atomic E-state index is -0.965. The van der Waals surface area contributed by atoms with Gasteiger partial charge in [-0.2, -0.15) is 0 Å². The molecule has 0 saturated carbocycles. The first kappa shape index (κ1) is 13.4. The summed E-state index contributed by atoms with van der Waals surface area (Å²) in [5.41, 5.74) is 3.02. The molecule has 21 heavy (non-hydrogen) atoms. The van der Waals surface area contributed by atoms with Crippen molar-refractivity contribution >= 4 is 16.9 Å². The van der Waals surface area contributed by atoms with Crippen LogP contribution in [0.5, 0.6) is 0 Å². The fourth-order valence-corrected chi connectivity index (χ4v) is 2.63. The Labute approximate surface area is 121 Å². The molecule has 4 heteroatoms. The lowest BCUT2D eigenvalue weighted by molar-refractivity contribution is 0.0686. The number of carbonyl (C=O) groups is 1. The number of halogens is 1. The third kappa shape index (κ3) is 2.40. The number of hydrogen-bond acceptors (Lipinski definition) is 1. The van der Waals surface area contributed by atoms with E-state index in [1.54, 1.807) is 22.8 Å². The van der Waals surface area contributed by atoms with Crippen molar-refractivity contribution in [3.63, 3.8) is 0 Å². The molecular weight excluding hydrogens is 269 g/mol. The Morgan fingerprint density at radius 2 is 1.90 bits per heavy atom. The van der Waals surface area contributed by atoms with Crippen LogP contribution in [-0.4, -0.2) is 15.6 Å². The monoisotopic (exact) mass is 283 g/mol.